The number of carbonyl (C=O) groups is 1. The molecule has 0 radical (unpaired) electrons. The standard InChI is InChI=1S/C27H33FN2O3/c1-18(13-20-3-7-23(28)8-4-20)17-33-25-9-10-26-19(2)22(6-5-21(26)14-25)15-30-12-11-24(16-30)29-27(31)32/h3-4,7-10,14,18,24,29H,5-6,11-13,15-17H2,1-2H3,(H,31,32)/t18-,24?/m0/s1. The Bertz CT molecular complexity index is 1020. The van der Waals surface area contributed by atoms with Crippen LogP contribution in [0.15, 0.2) is 48.0 Å². The molecule has 1 heterocycles. The molecule has 5 nitrogen and oxygen atoms in total. The molecule has 2 atom stereocenters. The van der Waals surface area contributed by atoms with Crippen molar-refractivity contribution < 1.29 is 19.0 Å². The highest BCUT2D eigenvalue weighted by Gasteiger charge is 2.26. The number of halogens is 1. The Morgan fingerprint density at radius 3 is 2.79 bits per heavy atom. The third-order valence-corrected chi connectivity index (χ3v) is 6.75. The highest BCUT2D eigenvalue weighted by atomic mass is 19.1. The summed E-state index contributed by atoms with van der Waals surface area (Å²) in [5.74, 6) is 1.03. The minimum Gasteiger partial charge on any atom is -0.493 e. The van der Waals surface area contributed by atoms with Crippen LogP contribution in [0.3, 0.4) is 0 Å². The quantitative estimate of drug-likeness (QED) is 0.582. The number of carboxylic acid groups (broad SMARTS) is 1. The van der Waals surface area contributed by atoms with Crippen molar-refractivity contribution in [2.75, 3.05) is 26.2 Å². The molecule has 0 bridgehead atoms. The van der Waals surface area contributed by atoms with Gasteiger partial charge in [0.25, 0.3) is 0 Å². The average molecular weight is 453 g/mol. The number of fused-ring (bicyclic) bond motifs is 1. The van der Waals surface area contributed by atoms with Crippen LogP contribution in [0.4, 0.5) is 9.18 Å². The van der Waals surface area contributed by atoms with Crippen molar-refractivity contribution >= 4 is 11.7 Å². The first kappa shape index (κ1) is 23.3. The lowest BCUT2D eigenvalue weighted by Gasteiger charge is -2.26. The molecule has 2 aromatic rings. The molecule has 2 aliphatic rings. The number of hydrogen-bond acceptors (Lipinski definition) is 3. The minimum atomic E-state index is -0.938. The Balaban J connectivity index is 1.33. The summed E-state index contributed by atoms with van der Waals surface area (Å²) in [6.45, 7) is 7.58. The molecule has 6 heteroatoms. The number of likely N-dealkylation sites (tertiary alicyclic amines) is 1. The molecular formula is C27H33FN2O3. The van der Waals surface area contributed by atoms with Crippen LogP contribution in [-0.2, 0) is 12.8 Å². The van der Waals surface area contributed by atoms with Crippen LogP contribution in [0.5, 0.6) is 5.75 Å². The molecule has 1 fully saturated rings. The molecule has 2 N–H and O–H groups in total. The van der Waals surface area contributed by atoms with Gasteiger partial charge in [0, 0.05) is 25.7 Å². The largest absolute Gasteiger partial charge is 0.493 e. The van der Waals surface area contributed by atoms with Gasteiger partial charge in [0.05, 0.1) is 6.61 Å². The van der Waals surface area contributed by atoms with E-state index in [2.05, 4.69) is 42.3 Å². The summed E-state index contributed by atoms with van der Waals surface area (Å²) in [5.41, 5.74) is 6.52. The Kier molecular flexibility index (Phi) is 7.33. The van der Waals surface area contributed by atoms with Gasteiger partial charge in [-0.25, -0.2) is 9.18 Å². The van der Waals surface area contributed by atoms with Crippen molar-refractivity contribution in [3.05, 3.63) is 70.5 Å². The summed E-state index contributed by atoms with van der Waals surface area (Å²) < 4.78 is 19.2. The molecule has 1 amide bonds. The topological polar surface area (TPSA) is 61.8 Å². The van der Waals surface area contributed by atoms with E-state index >= 15 is 0 Å². The summed E-state index contributed by atoms with van der Waals surface area (Å²) in [6, 6.07) is 13.1. The van der Waals surface area contributed by atoms with Crippen LogP contribution in [0.1, 0.15) is 43.4 Å². The van der Waals surface area contributed by atoms with Gasteiger partial charge in [-0.1, -0.05) is 30.7 Å². The highest BCUT2D eigenvalue weighted by molar-refractivity contribution is 5.72. The van der Waals surface area contributed by atoms with Gasteiger partial charge in [0.2, 0.25) is 0 Å². The number of benzene rings is 2. The van der Waals surface area contributed by atoms with E-state index in [0.29, 0.717) is 12.5 Å². The van der Waals surface area contributed by atoms with Crippen LogP contribution in [0, 0.1) is 11.7 Å². The first-order valence-corrected chi connectivity index (χ1v) is 11.8. The maximum Gasteiger partial charge on any atom is 0.404 e. The fourth-order valence-electron chi connectivity index (χ4n) is 4.95. The monoisotopic (exact) mass is 452 g/mol. The molecule has 176 valence electrons. The maximum atomic E-state index is 13.1. The van der Waals surface area contributed by atoms with Gasteiger partial charge < -0.3 is 15.2 Å². The van der Waals surface area contributed by atoms with Crippen molar-refractivity contribution in [1.29, 1.82) is 0 Å². The fourth-order valence-corrected chi connectivity index (χ4v) is 4.95. The SMILES string of the molecule is CC1=C(CN2CCC(NC(=O)O)C2)CCc2cc(OC[C@@H](C)Cc3ccc(F)cc3)ccc21. The van der Waals surface area contributed by atoms with Crippen molar-refractivity contribution in [2.24, 2.45) is 5.92 Å². The molecule has 4 rings (SSSR count). The van der Waals surface area contributed by atoms with Gasteiger partial charge >= 0.3 is 6.09 Å². The van der Waals surface area contributed by atoms with E-state index in [1.807, 2.05) is 12.1 Å². The summed E-state index contributed by atoms with van der Waals surface area (Å²) in [5, 5.41) is 11.5. The molecule has 33 heavy (non-hydrogen) atoms. The Labute approximate surface area is 195 Å². The molecular weight excluding hydrogens is 419 g/mol. The van der Waals surface area contributed by atoms with E-state index in [9.17, 15) is 9.18 Å². The Morgan fingerprint density at radius 2 is 2.03 bits per heavy atom. The van der Waals surface area contributed by atoms with Crippen molar-refractivity contribution in [2.45, 2.75) is 45.6 Å². The maximum absolute atomic E-state index is 13.1. The smallest absolute Gasteiger partial charge is 0.404 e. The predicted molar refractivity (Wildman–Crippen MR) is 128 cm³/mol. The zero-order valence-corrected chi connectivity index (χ0v) is 19.4. The van der Waals surface area contributed by atoms with Gasteiger partial charge in [-0.15, -0.1) is 0 Å². The van der Waals surface area contributed by atoms with Crippen molar-refractivity contribution in [1.82, 2.24) is 10.2 Å². The third kappa shape index (κ3) is 6.14. The molecule has 1 aliphatic carbocycles. The van der Waals surface area contributed by atoms with Gasteiger partial charge in [0.15, 0.2) is 0 Å². The molecule has 1 unspecified atom stereocenters. The summed E-state index contributed by atoms with van der Waals surface area (Å²) in [6.07, 6.45) is 2.81. The van der Waals surface area contributed by atoms with Crippen LogP contribution in [0.2, 0.25) is 0 Å². The number of rotatable bonds is 8. The van der Waals surface area contributed by atoms with Gasteiger partial charge in [-0.2, -0.15) is 0 Å². The van der Waals surface area contributed by atoms with E-state index in [4.69, 9.17) is 9.84 Å². The molecule has 0 aromatic heterocycles. The van der Waals surface area contributed by atoms with E-state index in [0.717, 1.165) is 56.6 Å². The summed E-state index contributed by atoms with van der Waals surface area (Å²) in [4.78, 5) is 13.2. The second-order valence-corrected chi connectivity index (χ2v) is 9.46. The van der Waals surface area contributed by atoms with Crippen LogP contribution in [0.25, 0.3) is 5.57 Å². The lowest BCUT2D eigenvalue weighted by atomic mass is 9.86. The predicted octanol–water partition coefficient (Wildman–Crippen LogP) is 5.14. The van der Waals surface area contributed by atoms with Crippen LogP contribution >= 0.6 is 0 Å². The van der Waals surface area contributed by atoms with Gasteiger partial charge in [-0.3, -0.25) is 4.90 Å². The van der Waals surface area contributed by atoms with Gasteiger partial charge in [0.1, 0.15) is 11.6 Å². The number of nitrogens with one attached hydrogen (secondary N) is 1. The number of nitrogens with zero attached hydrogens (tertiary/aromatic N) is 1. The number of aryl methyl sites for hydroxylation is 1. The summed E-state index contributed by atoms with van der Waals surface area (Å²) in [7, 11) is 0. The van der Waals surface area contributed by atoms with Crippen molar-refractivity contribution in [3.8, 4) is 5.75 Å². The molecule has 1 aliphatic heterocycles. The normalized spacial score (nSPS) is 19.3. The highest BCUT2D eigenvalue weighted by Crippen LogP contribution is 2.34. The second kappa shape index (κ2) is 10.4. The number of allylic oxidation sites excluding steroid dienone is 1. The van der Waals surface area contributed by atoms with Crippen molar-refractivity contribution in [3.63, 3.8) is 0 Å². The zero-order chi connectivity index (χ0) is 23.4. The fraction of sp³-hybridized carbons (Fsp3) is 0.444. The summed E-state index contributed by atoms with van der Waals surface area (Å²) >= 11 is 0. The van der Waals surface area contributed by atoms with E-state index < -0.39 is 6.09 Å². The molecule has 1 saturated heterocycles. The van der Waals surface area contributed by atoms with E-state index in [1.54, 1.807) is 0 Å². The number of ether oxygens (including phenoxy) is 1. The zero-order valence-electron chi connectivity index (χ0n) is 19.4. The van der Waals surface area contributed by atoms with Crippen LogP contribution in [-0.4, -0.2) is 48.4 Å². The third-order valence-electron chi connectivity index (χ3n) is 6.75. The first-order valence-electron chi connectivity index (χ1n) is 11.8. The second-order valence-electron chi connectivity index (χ2n) is 9.46. The molecule has 0 saturated carbocycles. The number of amides is 1. The molecule has 2 aromatic carbocycles. The lowest BCUT2D eigenvalue weighted by Crippen LogP contribution is -2.36. The Morgan fingerprint density at radius 1 is 1.24 bits per heavy atom. The van der Waals surface area contributed by atoms with E-state index in [1.165, 1.54) is 34.4 Å². The molecule has 0 spiro atoms. The average Bonchev–Trinajstić information content (AvgIpc) is 3.22. The lowest BCUT2D eigenvalue weighted by molar-refractivity contribution is 0.189. The van der Waals surface area contributed by atoms with E-state index in [-0.39, 0.29) is 11.9 Å². The Hall–Kier alpha value is -2.86. The van der Waals surface area contributed by atoms with Crippen LogP contribution < -0.4 is 10.1 Å². The first-order chi connectivity index (χ1) is 15.9. The van der Waals surface area contributed by atoms with Gasteiger partial charge in [-0.05, 0) is 85.1 Å². The number of hydrogen-bond donors (Lipinski definition) is 2. The minimum absolute atomic E-state index is 0.0319.